The number of rotatable bonds is 5. The highest BCUT2D eigenvalue weighted by Crippen LogP contribution is 2.27. The fourth-order valence-corrected chi connectivity index (χ4v) is 2.09. The summed E-state index contributed by atoms with van der Waals surface area (Å²) in [6.07, 6.45) is -1.13. The van der Waals surface area contributed by atoms with Crippen molar-refractivity contribution in [3.8, 4) is 0 Å². The molecule has 6 nitrogen and oxygen atoms in total. The number of carboxylic acid groups (broad SMARTS) is 1. The molecule has 0 aliphatic carbocycles. The number of likely N-dealkylation sites (tertiary alicyclic amines) is 1. The summed E-state index contributed by atoms with van der Waals surface area (Å²) in [6.45, 7) is 5.56. The highest BCUT2D eigenvalue weighted by atomic mass is 19.3. The van der Waals surface area contributed by atoms with Crippen LogP contribution in [0.5, 0.6) is 0 Å². The van der Waals surface area contributed by atoms with E-state index in [-0.39, 0.29) is 32.5 Å². The van der Waals surface area contributed by atoms with Crippen molar-refractivity contribution in [2.24, 2.45) is 0 Å². The van der Waals surface area contributed by atoms with Crippen LogP contribution in [0.4, 0.5) is 13.6 Å². The number of nitrogens with zero attached hydrogens (tertiary/aromatic N) is 2. The first kappa shape index (κ1) is 18.6. The SMILES string of the molecule is CC(C)(C)OC(=O)N(CCN1CCC(F)(F)CC1)CC(=O)O. The molecule has 22 heavy (non-hydrogen) atoms. The Kier molecular flexibility index (Phi) is 6.10. The number of alkyl halides is 2. The molecule has 0 aromatic carbocycles. The van der Waals surface area contributed by atoms with Gasteiger partial charge in [-0.25, -0.2) is 13.6 Å². The van der Waals surface area contributed by atoms with E-state index in [1.54, 1.807) is 25.7 Å². The van der Waals surface area contributed by atoms with E-state index in [0.29, 0.717) is 6.54 Å². The Bertz CT molecular complexity index is 400. The van der Waals surface area contributed by atoms with E-state index >= 15 is 0 Å². The number of hydrogen-bond acceptors (Lipinski definition) is 4. The number of hydrogen-bond donors (Lipinski definition) is 1. The van der Waals surface area contributed by atoms with Gasteiger partial charge in [-0.2, -0.15) is 0 Å². The zero-order chi connectivity index (χ0) is 17.0. The Labute approximate surface area is 129 Å². The molecule has 0 spiro atoms. The van der Waals surface area contributed by atoms with Gasteiger partial charge >= 0.3 is 12.1 Å². The van der Waals surface area contributed by atoms with E-state index < -0.39 is 30.1 Å². The second-order valence-electron chi connectivity index (χ2n) is 6.49. The first-order valence-corrected chi connectivity index (χ1v) is 7.28. The van der Waals surface area contributed by atoms with Crippen molar-refractivity contribution in [2.75, 3.05) is 32.7 Å². The molecule has 8 heteroatoms. The number of carboxylic acids is 1. The van der Waals surface area contributed by atoms with Gasteiger partial charge < -0.3 is 14.7 Å². The van der Waals surface area contributed by atoms with Crippen LogP contribution >= 0.6 is 0 Å². The smallest absolute Gasteiger partial charge is 0.410 e. The second kappa shape index (κ2) is 7.21. The van der Waals surface area contributed by atoms with Crippen LogP contribution in [0.25, 0.3) is 0 Å². The lowest BCUT2D eigenvalue weighted by molar-refractivity contribution is -0.138. The van der Waals surface area contributed by atoms with Gasteiger partial charge in [-0.15, -0.1) is 0 Å². The zero-order valence-corrected chi connectivity index (χ0v) is 13.3. The summed E-state index contributed by atoms with van der Waals surface area (Å²) in [6, 6.07) is 0. The molecule has 1 rings (SSSR count). The van der Waals surface area contributed by atoms with Crippen LogP contribution in [-0.4, -0.2) is 71.2 Å². The van der Waals surface area contributed by atoms with Gasteiger partial charge in [0.15, 0.2) is 0 Å². The van der Waals surface area contributed by atoms with Crippen LogP contribution in [0.15, 0.2) is 0 Å². The van der Waals surface area contributed by atoms with Gasteiger partial charge in [0, 0.05) is 39.0 Å². The number of carbonyl (C=O) groups is 2. The van der Waals surface area contributed by atoms with E-state index in [2.05, 4.69) is 0 Å². The van der Waals surface area contributed by atoms with Gasteiger partial charge in [0.2, 0.25) is 0 Å². The number of halogens is 2. The van der Waals surface area contributed by atoms with Gasteiger partial charge in [0.1, 0.15) is 12.1 Å². The van der Waals surface area contributed by atoms with Crippen molar-refractivity contribution in [1.29, 1.82) is 0 Å². The molecule has 0 atom stereocenters. The van der Waals surface area contributed by atoms with Crippen molar-refractivity contribution < 1.29 is 28.2 Å². The number of ether oxygens (including phenoxy) is 1. The first-order valence-electron chi connectivity index (χ1n) is 7.28. The molecule has 1 aliphatic heterocycles. The number of aliphatic carboxylic acids is 1. The summed E-state index contributed by atoms with van der Waals surface area (Å²) < 4.78 is 31.3. The minimum Gasteiger partial charge on any atom is -0.480 e. The van der Waals surface area contributed by atoms with E-state index in [4.69, 9.17) is 9.84 Å². The molecule has 1 fully saturated rings. The lowest BCUT2D eigenvalue weighted by Crippen LogP contribution is -2.46. The highest BCUT2D eigenvalue weighted by Gasteiger charge is 2.34. The summed E-state index contributed by atoms with van der Waals surface area (Å²) in [4.78, 5) is 25.7. The first-order chi connectivity index (χ1) is 9.98. The Morgan fingerprint density at radius 3 is 2.27 bits per heavy atom. The van der Waals surface area contributed by atoms with Gasteiger partial charge in [0.05, 0.1) is 0 Å². The van der Waals surface area contributed by atoms with Gasteiger partial charge in [0.25, 0.3) is 5.92 Å². The predicted octanol–water partition coefficient (Wildman–Crippen LogP) is 2.04. The van der Waals surface area contributed by atoms with Crippen molar-refractivity contribution in [2.45, 2.75) is 45.1 Å². The maximum absolute atomic E-state index is 13.1. The molecular formula is C14H24F2N2O4. The molecule has 1 heterocycles. The largest absolute Gasteiger partial charge is 0.480 e. The Morgan fingerprint density at radius 2 is 1.82 bits per heavy atom. The Balaban J connectivity index is 2.51. The molecular weight excluding hydrogens is 298 g/mol. The normalized spacial score (nSPS) is 18.8. The summed E-state index contributed by atoms with van der Waals surface area (Å²) in [5.74, 6) is -3.77. The maximum atomic E-state index is 13.1. The van der Waals surface area contributed by atoms with Crippen LogP contribution < -0.4 is 0 Å². The molecule has 0 aromatic heterocycles. The lowest BCUT2D eigenvalue weighted by atomic mass is 10.1. The molecule has 1 saturated heterocycles. The molecule has 1 amide bonds. The Hall–Kier alpha value is -1.44. The van der Waals surface area contributed by atoms with Crippen molar-refractivity contribution in [3.63, 3.8) is 0 Å². The van der Waals surface area contributed by atoms with E-state index in [1.165, 1.54) is 0 Å². The average molecular weight is 322 g/mol. The zero-order valence-electron chi connectivity index (χ0n) is 13.3. The molecule has 128 valence electrons. The standard InChI is InChI=1S/C14H24F2N2O4/c1-13(2,3)22-12(21)18(10-11(19)20)9-8-17-6-4-14(15,16)5-7-17/h4-10H2,1-3H3,(H,19,20). The molecule has 1 N–H and O–H groups in total. The van der Waals surface area contributed by atoms with E-state index in [0.717, 1.165) is 4.90 Å². The molecule has 1 aliphatic rings. The maximum Gasteiger partial charge on any atom is 0.410 e. The summed E-state index contributed by atoms with van der Waals surface area (Å²) in [7, 11) is 0. The lowest BCUT2D eigenvalue weighted by Gasteiger charge is -2.33. The predicted molar refractivity (Wildman–Crippen MR) is 76.1 cm³/mol. The quantitative estimate of drug-likeness (QED) is 0.839. The fraction of sp³-hybridized carbons (Fsp3) is 0.857. The minimum atomic E-state index is -2.62. The fourth-order valence-electron chi connectivity index (χ4n) is 2.09. The minimum absolute atomic E-state index is 0.132. The third-order valence-electron chi connectivity index (χ3n) is 3.25. The van der Waals surface area contributed by atoms with E-state index in [1.807, 2.05) is 0 Å². The molecule has 0 radical (unpaired) electrons. The third kappa shape index (κ3) is 7.02. The molecule has 0 aromatic rings. The summed E-state index contributed by atoms with van der Waals surface area (Å²) in [5.41, 5.74) is -0.721. The van der Waals surface area contributed by atoms with Crippen molar-refractivity contribution >= 4 is 12.1 Å². The van der Waals surface area contributed by atoms with Crippen LogP contribution in [0.3, 0.4) is 0 Å². The summed E-state index contributed by atoms with van der Waals surface area (Å²) >= 11 is 0. The highest BCUT2D eigenvalue weighted by molar-refractivity contribution is 5.76. The van der Waals surface area contributed by atoms with Crippen LogP contribution in [-0.2, 0) is 9.53 Å². The van der Waals surface area contributed by atoms with Crippen LogP contribution in [0.1, 0.15) is 33.6 Å². The van der Waals surface area contributed by atoms with Gasteiger partial charge in [-0.3, -0.25) is 9.69 Å². The Morgan fingerprint density at radius 1 is 1.27 bits per heavy atom. The van der Waals surface area contributed by atoms with E-state index in [9.17, 15) is 18.4 Å². The summed E-state index contributed by atoms with van der Waals surface area (Å²) in [5, 5.41) is 8.87. The van der Waals surface area contributed by atoms with Crippen molar-refractivity contribution in [3.05, 3.63) is 0 Å². The number of piperidine rings is 1. The molecule has 0 unspecified atom stereocenters. The molecule has 0 bridgehead atoms. The third-order valence-corrected chi connectivity index (χ3v) is 3.25. The van der Waals surface area contributed by atoms with Crippen molar-refractivity contribution in [1.82, 2.24) is 9.80 Å². The number of carbonyl (C=O) groups excluding carboxylic acids is 1. The topological polar surface area (TPSA) is 70.1 Å². The number of amides is 1. The molecule has 0 saturated carbocycles. The average Bonchev–Trinajstić information content (AvgIpc) is 2.33. The monoisotopic (exact) mass is 322 g/mol. The van der Waals surface area contributed by atoms with Crippen LogP contribution in [0.2, 0.25) is 0 Å². The van der Waals surface area contributed by atoms with Gasteiger partial charge in [-0.1, -0.05) is 0 Å². The van der Waals surface area contributed by atoms with Crippen LogP contribution in [0, 0.1) is 0 Å². The second-order valence-corrected chi connectivity index (χ2v) is 6.49. The van der Waals surface area contributed by atoms with Gasteiger partial charge in [-0.05, 0) is 20.8 Å².